The van der Waals surface area contributed by atoms with Crippen LogP contribution in [0.15, 0.2) is 24.3 Å². The average molecular weight is 254 g/mol. The molecule has 1 atom stereocenters. The van der Waals surface area contributed by atoms with Crippen LogP contribution in [0, 0.1) is 0 Å². The highest BCUT2D eigenvalue weighted by Gasteiger charge is 2.06. The SMILES string of the molecule is COCC(O)CNC(=O)Nc1cccc(OC)c1. The molecule has 0 bridgehead atoms. The molecule has 0 aliphatic heterocycles. The zero-order chi connectivity index (χ0) is 13.4. The molecule has 0 aliphatic rings. The summed E-state index contributed by atoms with van der Waals surface area (Å²) in [4.78, 5) is 11.5. The first-order chi connectivity index (χ1) is 8.65. The summed E-state index contributed by atoms with van der Waals surface area (Å²) in [6.45, 7) is 0.309. The maximum absolute atomic E-state index is 11.5. The van der Waals surface area contributed by atoms with Crippen molar-refractivity contribution in [2.24, 2.45) is 0 Å². The standard InChI is InChI=1S/C12H18N2O4/c1-17-8-10(15)7-13-12(16)14-9-4-3-5-11(6-9)18-2/h3-6,10,15H,7-8H2,1-2H3,(H2,13,14,16). The summed E-state index contributed by atoms with van der Waals surface area (Å²) in [5, 5.41) is 14.5. The molecule has 0 aliphatic carbocycles. The van der Waals surface area contributed by atoms with Crippen LogP contribution in [0.3, 0.4) is 0 Å². The maximum atomic E-state index is 11.5. The van der Waals surface area contributed by atoms with Gasteiger partial charge in [-0.25, -0.2) is 4.79 Å². The predicted octanol–water partition coefficient (Wildman–Crippen LogP) is 0.824. The molecule has 0 heterocycles. The summed E-state index contributed by atoms with van der Waals surface area (Å²) < 4.78 is 9.78. The van der Waals surface area contributed by atoms with E-state index in [1.54, 1.807) is 31.4 Å². The Bertz CT molecular complexity index is 384. The van der Waals surface area contributed by atoms with E-state index < -0.39 is 12.1 Å². The lowest BCUT2D eigenvalue weighted by atomic mass is 10.3. The summed E-state index contributed by atoms with van der Waals surface area (Å²) in [6, 6.07) is 6.61. The highest BCUT2D eigenvalue weighted by molar-refractivity contribution is 5.89. The van der Waals surface area contributed by atoms with E-state index in [2.05, 4.69) is 10.6 Å². The van der Waals surface area contributed by atoms with Gasteiger partial charge in [-0.05, 0) is 12.1 Å². The molecular weight excluding hydrogens is 236 g/mol. The Balaban J connectivity index is 2.39. The van der Waals surface area contributed by atoms with E-state index in [4.69, 9.17) is 9.47 Å². The number of methoxy groups -OCH3 is 2. The second-order valence-electron chi connectivity index (χ2n) is 3.68. The molecular formula is C12H18N2O4. The molecule has 6 heteroatoms. The number of hydrogen-bond donors (Lipinski definition) is 3. The van der Waals surface area contributed by atoms with Gasteiger partial charge in [-0.15, -0.1) is 0 Å². The van der Waals surface area contributed by atoms with Crippen LogP contribution >= 0.6 is 0 Å². The molecule has 0 saturated carbocycles. The third-order valence-electron chi connectivity index (χ3n) is 2.18. The Morgan fingerprint density at radius 1 is 1.44 bits per heavy atom. The summed E-state index contributed by atoms with van der Waals surface area (Å²) in [5.41, 5.74) is 0.619. The van der Waals surface area contributed by atoms with Crippen molar-refractivity contribution in [2.45, 2.75) is 6.10 Å². The van der Waals surface area contributed by atoms with E-state index in [9.17, 15) is 9.90 Å². The van der Waals surface area contributed by atoms with Gasteiger partial charge in [0.1, 0.15) is 5.75 Å². The van der Waals surface area contributed by atoms with Crippen molar-refractivity contribution in [1.29, 1.82) is 0 Å². The Morgan fingerprint density at radius 2 is 2.22 bits per heavy atom. The van der Waals surface area contributed by atoms with E-state index in [1.165, 1.54) is 7.11 Å². The maximum Gasteiger partial charge on any atom is 0.319 e. The minimum atomic E-state index is -0.717. The zero-order valence-corrected chi connectivity index (χ0v) is 10.5. The van der Waals surface area contributed by atoms with Gasteiger partial charge in [-0.2, -0.15) is 0 Å². The van der Waals surface area contributed by atoms with E-state index in [0.717, 1.165) is 0 Å². The van der Waals surface area contributed by atoms with Crippen LogP contribution < -0.4 is 15.4 Å². The highest BCUT2D eigenvalue weighted by atomic mass is 16.5. The number of urea groups is 1. The van der Waals surface area contributed by atoms with Crippen molar-refractivity contribution in [3.05, 3.63) is 24.3 Å². The van der Waals surface area contributed by atoms with Crippen LogP contribution in [-0.4, -0.2) is 44.6 Å². The molecule has 0 spiro atoms. The van der Waals surface area contributed by atoms with E-state index in [0.29, 0.717) is 11.4 Å². The summed E-state index contributed by atoms with van der Waals surface area (Å²) in [6.07, 6.45) is -0.717. The van der Waals surface area contributed by atoms with Gasteiger partial charge >= 0.3 is 6.03 Å². The number of carbonyl (C=O) groups excluding carboxylic acids is 1. The quantitative estimate of drug-likeness (QED) is 0.702. The number of nitrogens with one attached hydrogen (secondary N) is 2. The van der Waals surface area contributed by atoms with Crippen molar-refractivity contribution in [3.8, 4) is 5.75 Å². The Labute approximate surface area is 106 Å². The Morgan fingerprint density at radius 3 is 2.89 bits per heavy atom. The molecule has 6 nitrogen and oxygen atoms in total. The van der Waals surface area contributed by atoms with Crippen LogP contribution in [0.1, 0.15) is 0 Å². The molecule has 3 N–H and O–H groups in total. The lowest BCUT2D eigenvalue weighted by Gasteiger charge is -2.12. The molecule has 1 rings (SSSR count). The molecule has 2 amide bonds. The molecule has 0 saturated heterocycles. The number of benzene rings is 1. The number of rotatable bonds is 6. The number of amides is 2. The number of aliphatic hydroxyl groups excluding tert-OH is 1. The summed E-state index contributed by atoms with van der Waals surface area (Å²) >= 11 is 0. The van der Waals surface area contributed by atoms with Crippen molar-refractivity contribution in [1.82, 2.24) is 5.32 Å². The van der Waals surface area contributed by atoms with Crippen LogP contribution in [0.4, 0.5) is 10.5 Å². The van der Waals surface area contributed by atoms with Crippen LogP contribution in [0.5, 0.6) is 5.75 Å². The fourth-order valence-corrected chi connectivity index (χ4v) is 1.34. The van der Waals surface area contributed by atoms with Gasteiger partial charge in [0.05, 0.1) is 19.8 Å². The molecule has 0 fully saturated rings. The van der Waals surface area contributed by atoms with E-state index in [-0.39, 0.29) is 13.2 Å². The van der Waals surface area contributed by atoms with Crippen molar-refractivity contribution >= 4 is 11.7 Å². The third kappa shape index (κ3) is 5.03. The first-order valence-corrected chi connectivity index (χ1v) is 5.51. The highest BCUT2D eigenvalue weighted by Crippen LogP contribution is 2.16. The minimum absolute atomic E-state index is 0.129. The zero-order valence-electron chi connectivity index (χ0n) is 10.5. The largest absolute Gasteiger partial charge is 0.497 e. The van der Waals surface area contributed by atoms with Gasteiger partial charge < -0.3 is 25.2 Å². The van der Waals surface area contributed by atoms with Crippen LogP contribution in [-0.2, 0) is 4.74 Å². The van der Waals surface area contributed by atoms with E-state index in [1.807, 2.05) is 0 Å². The van der Waals surface area contributed by atoms with Crippen LogP contribution in [0.25, 0.3) is 0 Å². The van der Waals surface area contributed by atoms with Gasteiger partial charge in [-0.1, -0.05) is 6.07 Å². The lowest BCUT2D eigenvalue weighted by Crippen LogP contribution is -2.36. The van der Waals surface area contributed by atoms with Crippen molar-refractivity contribution in [2.75, 3.05) is 32.7 Å². The normalized spacial score (nSPS) is 11.7. The fraction of sp³-hybridized carbons (Fsp3) is 0.417. The topological polar surface area (TPSA) is 79.8 Å². The molecule has 1 unspecified atom stereocenters. The van der Waals surface area contributed by atoms with Gasteiger partial charge in [0.15, 0.2) is 0 Å². The number of hydrogen-bond acceptors (Lipinski definition) is 4. The summed E-state index contributed by atoms with van der Waals surface area (Å²) in [5.74, 6) is 0.659. The van der Waals surface area contributed by atoms with Crippen molar-refractivity contribution in [3.63, 3.8) is 0 Å². The number of aliphatic hydroxyl groups is 1. The minimum Gasteiger partial charge on any atom is -0.497 e. The first-order valence-electron chi connectivity index (χ1n) is 5.51. The van der Waals surface area contributed by atoms with Crippen molar-refractivity contribution < 1.29 is 19.4 Å². The van der Waals surface area contributed by atoms with Gasteiger partial charge in [0.25, 0.3) is 0 Å². The smallest absolute Gasteiger partial charge is 0.319 e. The second kappa shape index (κ2) is 7.52. The second-order valence-corrected chi connectivity index (χ2v) is 3.68. The monoisotopic (exact) mass is 254 g/mol. The number of carbonyl (C=O) groups is 1. The van der Waals surface area contributed by atoms with E-state index >= 15 is 0 Å². The lowest BCUT2D eigenvalue weighted by molar-refractivity contribution is 0.0663. The Hall–Kier alpha value is -1.79. The average Bonchev–Trinajstić information content (AvgIpc) is 2.37. The molecule has 1 aromatic rings. The molecule has 100 valence electrons. The Kier molecular flexibility index (Phi) is 5.96. The molecule has 0 aromatic heterocycles. The number of ether oxygens (including phenoxy) is 2. The fourth-order valence-electron chi connectivity index (χ4n) is 1.34. The molecule has 0 radical (unpaired) electrons. The molecule has 1 aromatic carbocycles. The molecule has 18 heavy (non-hydrogen) atoms. The third-order valence-corrected chi connectivity index (χ3v) is 2.18. The van der Waals surface area contributed by atoms with Gasteiger partial charge in [-0.3, -0.25) is 0 Å². The van der Waals surface area contributed by atoms with Crippen LogP contribution in [0.2, 0.25) is 0 Å². The summed E-state index contributed by atoms with van der Waals surface area (Å²) in [7, 11) is 3.04. The predicted molar refractivity (Wildman–Crippen MR) is 67.9 cm³/mol. The van der Waals surface area contributed by atoms with Gasteiger partial charge in [0, 0.05) is 25.4 Å². The first kappa shape index (κ1) is 14.3. The number of anilines is 1. The van der Waals surface area contributed by atoms with Gasteiger partial charge in [0.2, 0.25) is 0 Å².